The van der Waals surface area contributed by atoms with Gasteiger partial charge in [0.2, 0.25) is 0 Å². The smallest absolute Gasteiger partial charge is 0.335 e. The zero-order valence-corrected chi connectivity index (χ0v) is 18.8. The number of rotatable bonds is 7. The van der Waals surface area contributed by atoms with Gasteiger partial charge in [0.25, 0.3) is 0 Å². The third-order valence-corrected chi connectivity index (χ3v) is 6.89. The molecule has 0 saturated carbocycles. The van der Waals surface area contributed by atoms with Crippen molar-refractivity contribution in [3.8, 4) is 5.75 Å². The minimum atomic E-state index is -0.890. The minimum absolute atomic E-state index is 0.191. The van der Waals surface area contributed by atoms with Crippen molar-refractivity contribution in [1.82, 2.24) is 4.90 Å². The van der Waals surface area contributed by atoms with E-state index in [-0.39, 0.29) is 12.1 Å². The molecular weight excluding hydrogens is 390 g/mol. The second-order valence-corrected chi connectivity index (χ2v) is 8.70. The molecule has 2 aromatic carbocycles. The molecule has 2 aromatic rings. The fraction of sp³-hybridized carbons (Fsp3) is 0.500. The van der Waals surface area contributed by atoms with E-state index < -0.39 is 5.97 Å². The van der Waals surface area contributed by atoms with E-state index in [2.05, 4.69) is 17.9 Å². The lowest BCUT2D eigenvalue weighted by atomic mass is 9.90. The standard InChI is InChI=1S/C26H33NO4/c1-4-31-20-12-13-27(24(15-20)18-8-10-19(11-9-18)26(28)29)16-23-22-7-5-6-21(22)17(2)14-25(23)30-3/h8-11,14,20,24H,4-7,12-13,15-16H2,1-3H3,(H,28,29)/t20-,24-/m0/s1. The van der Waals surface area contributed by atoms with E-state index in [1.165, 1.54) is 28.7 Å². The van der Waals surface area contributed by atoms with E-state index in [0.29, 0.717) is 12.2 Å². The number of carboxylic acids is 1. The molecule has 0 amide bonds. The number of carbonyl (C=O) groups is 1. The molecule has 166 valence electrons. The largest absolute Gasteiger partial charge is 0.496 e. The molecule has 2 atom stereocenters. The van der Waals surface area contributed by atoms with E-state index in [1.807, 2.05) is 19.1 Å². The summed E-state index contributed by atoms with van der Waals surface area (Å²) in [6.07, 6.45) is 5.64. The molecule has 1 fully saturated rings. The fourth-order valence-corrected chi connectivity index (χ4v) is 5.34. The number of hydrogen-bond acceptors (Lipinski definition) is 4. The first-order valence-corrected chi connectivity index (χ1v) is 11.4. The van der Waals surface area contributed by atoms with Crippen molar-refractivity contribution in [3.05, 3.63) is 63.7 Å². The molecule has 5 nitrogen and oxygen atoms in total. The van der Waals surface area contributed by atoms with Crippen LogP contribution in [0.15, 0.2) is 30.3 Å². The van der Waals surface area contributed by atoms with Crippen LogP contribution in [0.2, 0.25) is 0 Å². The second kappa shape index (κ2) is 9.41. The van der Waals surface area contributed by atoms with Gasteiger partial charge in [-0.15, -0.1) is 0 Å². The molecule has 1 aliphatic carbocycles. The number of nitrogens with zero attached hydrogens (tertiary/aromatic N) is 1. The number of aryl methyl sites for hydroxylation is 1. The van der Waals surface area contributed by atoms with E-state index in [9.17, 15) is 9.90 Å². The number of fused-ring (bicyclic) bond motifs is 1. The maximum absolute atomic E-state index is 11.3. The number of aromatic carboxylic acids is 1. The third-order valence-electron chi connectivity index (χ3n) is 6.89. The van der Waals surface area contributed by atoms with Crippen LogP contribution >= 0.6 is 0 Å². The summed E-state index contributed by atoms with van der Waals surface area (Å²) < 4.78 is 11.8. The first-order chi connectivity index (χ1) is 15.0. The summed E-state index contributed by atoms with van der Waals surface area (Å²) in [4.78, 5) is 13.8. The van der Waals surface area contributed by atoms with Gasteiger partial charge >= 0.3 is 5.97 Å². The van der Waals surface area contributed by atoms with Crippen LogP contribution in [-0.4, -0.2) is 42.3 Å². The normalized spacial score (nSPS) is 21.1. The monoisotopic (exact) mass is 423 g/mol. The molecule has 31 heavy (non-hydrogen) atoms. The van der Waals surface area contributed by atoms with Gasteiger partial charge in [-0.2, -0.15) is 0 Å². The molecule has 4 rings (SSSR count). The molecule has 0 spiro atoms. The van der Waals surface area contributed by atoms with Crippen molar-refractivity contribution in [2.75, 3.05) is 20.3 Å². The zero-order chi connectivity index (χ0) is 22.0. The van der Waals surface area contributed by atoms with Crippen molar-refractivity contribution in [3.63, 3.8) is 0 Å². The van der Waals surface area contributed by atoms with Gasteiger partial charge in [0.1, 0.15) is 5.75 Å². The molecule has 1 N–H and O–H groups in total. The summed E-state index contributed by atoms with van der Waals surface area (Å²) >= 11 is 0. The SMILES string of the molecule is CCO[C@H]1CCN(Cc2c(OC)cc(C)c3c2CCC3)[C@H](c2ccc(C(=O)O)cc2)C1. The fourth-order valence-electron chi connectivity index (χ4n) is 5.34. The van der Waals surface area contributed by atoms with E-state index in [0.717, 1.165) is 50.1 Å². The number of likely N-dealkylation sites (tertiary alicyclic amines) is 1. The molecule has 0 aromatic heterocycles. The Morgan fingerprint density at radius 1 is 1.19 bits per heavy atom. The molecule has 0 bridgehead atoms. The summed E-state index contributed by atoms with van der Waals surface area (Å²) in [5, 5.41) is 9.27. The van der Waals surface area contributed by atoms with Crippen LogP contribution in [0.5, 0.6) is 5.75 Å². The zero-order valence-electron chi connectivity index (χ0n) is 18.8. The Bertz CT molecular complexity index is 937. The summed E-state index contributed by atoms with van der Waals surface area (Å²) in [5.74, 6) is 0.101. The highest BCUT2D eigenvalue weighted by Gasteiger charge is 2.32. The van der Waals surface area contributed by atoms with Crippen molar-refractivity contribution < 1.29 is 19.4 Å². The number of benzene rings is 2. The maximum Gasteiger partial charge on any atom is 0.335 e. The van der Waals surface area contributed by atoms with Gasteiger partial charge in [-0.3, -0.25) is 4.90 Å². The van der Waals surface area contributed by atoms with Gasteiger partial charge in [0, 0.05) is 31.3 Å². The minimum Gasteiger partial charge on any atom is -0.496 e. The van der Waals surface area contributed by atoms with Crippen molar-refractivity contribution in [2.45, 2.75) is 64.6 Å². The number of methoxy groups -OCH3 is 1. The Morgan fingerprint density at radius 2 is 1.94 bits per heavy atom. The van der Waals surface area contributed by atoms with Crippen LogP contribution < -0.4 is 4.74 Å². The lowest BCUT2D eigenvalue weighted by molar-refractivity contribution is -0.0140. The molecule has 1 heterocycles. The molecule has 0 unspecified atom stereocenters. The van der Waals surface area contributed by atoms with E-state index >= 15 is 0 Å². The first kappa shape index (κ1) is 21.8. The lowest BCUT2D eigenvalue weighted by Gasteiger charge is -2.40. The molecular formula is C26H33NO4. The quantitative estimate of drug-likeness (QED) is 0.684. The van der Waals surface area contributed by atoms with Gasteiger partial charge in [-0.25, -0.2) is 4.79 Å². The Hall–Kier alpha value is -2.37. The van der Waals surface area contributed by atoms with Crippen LogP contribution in [-0.2, 0) is 24.1 Å². The first-order valence-electron chi connectivity index (χ1n) is 11.4. The topological polar surface area (TPSA) is 59.0 Å². The van der Waals surface area contributed by atoms with Crippen LogP contribution in [0.25, 0.3) is 0 Å². The van der Waals surface area contributed by atoms with Gasteiger partial charge in [0.05, 0.1) is 18.8 Å². The van der Waals surface area contributed by atoms with E-state index in [4.69, 9.17) is 9.47 Å². The Labute approximate surface area is 185 Å². The van der Waals surface area contributed by atoms with Crippen LogP contribution in [0.4, 0.5) is 0 Å². The van der Waals surface area contributed by atoms with Crippen LogP contribution in [0, 0.1) is 6.92 Å². The number of piperidine rings is 1. The van der Waals surface area contributed by atoms with Crippen molar-refractivity contribution >= 4 is 5.97 Å². The summed E-state index contributed by atoms with van der Waals surface area (Å²) in [6.45, 7) is 6.74. The van der Waals surface area contributed by atoms with Crippen molar-refractivity contribution in [1.29, 1.82) is 0 Å². The third kappa shape index (κ3) is 4.48. The molecule has 1 aliphatic heterocycles. The highest BCUT2D eigenvalue weighted by Crippen LogP contribution is 2.39. The number of carboxylic acid groups (broad SMARTS) is 1. The van der Waals surface area contributed by atoms with Gasteiger partial charge in [-0.05, 0) is 86.4 Å². The predicted molar refractivity (Wildman–Crippen MR) is 121 cm³/mol. The lowest BCUT2D eigenvalue weighted by Crippen LogP contribution is -2.39. The number of ether oxygens (including phenoxy) is 2. The highest BCUT2D eigenvalue weighted by molar-refractivity contribution is 5.87. The van der Waals surface area contributed by atoms with Gasteiger partial charge in [0.15, 0.2) is 0 Å². The number of hydrogen-bond donors (Lipinski definition) is 1. The summed E-state index contributed by atoms with van der Waals surface area (Å²) in [5.41, 5.74) is 7.11. The maximum atomic E-state index is 11.3. The average Bonchev–Trinajstić information content (AvgIpc) is 3.27. The van der Waals surface area contributed by atoms with E-state index in [1.54, 1.807) is 19.2 Å². The Balaban J connectivity index is 1.66. The average molecular weight is 424 g/mol. The van der Waals surface area contributed by atoms with Gasteiger partial charge < -0.3 is 14.6 Å². The van der Waals surface area contributed by atoms with Gasteiger partial charge in [-0.1, -0.05) is 12.1 Å². The van der Waals surface area contributed by atoms with Crippen LogP contribution in [0.1, 0.15) is 70.4 Å². The molecule has 2 aliphatic rings. The molecule has 1 saturated heterocycles. The Kier molecular flexibility index (Phi) is 6.63. The van der Waals surface area contributed by atoms with Crippen LogP contribution in [0.3, 0.4) is 0 Å². The van der Waals surface area contributed by atoms with Crippen molar-refractivity contribution in [2.24, 2.45) is 0 Å². The predicted octanol–water partition coefficient (Wildman–Crippen LogP) is 4.93. The Morgan fingerprint density at radius 3 is 2.61 bits per heavy atom. The molecule has 0 radical (unpaired) electrons. The molecule has 5 heteroatoms. The second-order valence-electron chi connectivity index (χ2n) is 8.70. The highest BCUT2D eigenvalue weighted by atomic mass is 16.5. The summed E-state index contributed by atoms with van der Waals surface area (Å²) in [7, 11) is 1.77. The summed E-state index contributed by atoms with van der Waals surface area (Å²) in [6, 6.07) is 9.74.